The predicted molar refractivity (Wildman–Crippen MR) is 437 cm³/mol. The third-order valence-electron chi connectivity index (χ3n) is 22.5. The van der Waals surface area contributed by atoms with Crippen LogP contribution in [0.1, 0.15) is 0 Å². The molecule has 28 heteroatoms. The summed E-state index contributed by atoms with van der Waals surface area (Å²) in [4.78, 5) is 0. The minimum absolute atomic E-state index is 1.39. The van der Waals surface area contributed by atoms with Crippen LogP contribution in [0.5, 0.6) is 0 Å². The Kier molecular flexibility index (Phi) is 12.4. The Labute approximate surface area is 478 Å². The van der Waals surface area contributed by atoms with Gasteiger partial charge in [-0.2, -0.15) is 0 Å². The van der Waals surface area contributed by atoms with Gasteiger partial charge in [0.2, 0.25) is 0 Å². The molecule has 0 aliphatic heterocycles. The molecule has 0 unspecified atom stereocenters. The van der Waals surface area contributed by atoms with Crippen molar-refractivity contribution in [1.82, 2.24) is 0 Å². The molecule has 0 fully saturated rings. The van der Waals surface area contributed by atoms with Crippen LogP contribution in [0, 0.1) is 0 Å². The lowest BCUT2D eigenvalue weighted by Crippen LogP contribution is -2.53. The second kappa shape index (κ2) is 17.5. The zero-order chi connectivity index (χ0) is 55.7. The number of hydrogen-bond acceptors (Lipinski definition) is 0. The first kappa shape index (κ1) is 53.6. The average molecular weight is 936 g/mol. The Morgan fingerprint density at radius 1 is 0.0789 bits per heavy atom. The van der Waals surface area contributed by atoms with E-state index in [0.717, 1.165) is 0 Å². The quantitative estimate of drug-likeness (QED) is 0.122. The summed E-state index contributed by atoms with van der Waals surface area (Å²) < 4.78 is 0. The molecule has 11 rings (SSSR count). The van der Waals surface area contributed by atoms with Crippen molar-refractivity contribution >= 4 is 448 Å². The lowest BCUT2D eigenvalue weighted by molar-refractivity contribution is 1.77. The highest BCUT2D eigenvalue weighted by molar-refractivity contribution is 6.79. The maximum absolute atomic E-state index is 2.54. The van der Waals surface area contributed by atoms with Crippen molar-refractivity contribution in [2.24, 2.45) is 0 Å². The molecule has 0 aliphatic rings. The number of fused-ring (bicyclic) bond motifs is 1. The van der Waals surface area contributed by atoms with Crippen LogP contribution >= 0.6 is 0 Å². The van der Waals surface area contributed by atoms with Crippen molar-refractivity contribution in [2.75, 3.05) is 0 Å². The highest BCUT2D eigenvalue weighted by Crippen LogP contribution is 2.40. The van der Waals surface area contributed by atoms with E-state index >= 15 is 0 Å². The van der Waals surface area contributed by atoms with Gasteiger partial charge in [-0.05, 0) is 109 Å². The fraction of sp³-hybridized carbons (Fsp3) is 0. The van der Waals surface area contributed by atoms with Gasteiger partial charge >= 0.3 is 0 Å². The summed E-state index contributed by atoms with van der Waals surface area (Å²) in [6.45, 7) is 0. The minimum atomic E-state index is 1.39. The first-order valence-corrected chi connectivity index (χ1v) is 28.5. The van der Waals surface area contributed by atoms with Crippen LogP contribution in [-0.2, 0) is 0 Å². The van der Waals surface area contributed by atoms with Gasteiger partial charge in [0.25, 0.3) is 0 Å². The molecule has 0 saturated heterocycles. The third-order valence-corrected chi connectivity index (χ3v) is 22.5. The summed E-state index contributed by atoms with van der Waals surface area (Å²) in [7, 11) is 67.7. The van der Waals surface area contributed by atoms with E-state index in [4.69, 9.17) is 0 Å². The highest BCUT2D eigenvalue weighted by Gasteiger charge is 2.33. The van der Waals surface area contributed by atoms with Crippen molar-refractivity contribution in [1.29, 1.82) is 0 Å². The van der Waals surface area contributed by atoms with E-state index in [-0.39, 0.29) is 0 Å². The molecule has 0 aromatic heterocycles. The largest absolute Gasteiger partial charge is 0.140 e. The van der Waals surface area contributed by atoms with Gasteiger partial charge < -0.3 is 0 Å². The van der Waals surface area contributed by atoms with Crippen molar-refractivity contribution in [2.45, 2.75) is 0 Å². The average Bonchev–Trinajstić information content (AvgIpc) is 3.18. The van der Waals surface area contributed by atoms with E-state index < -0.39 is 0 Å². The summed E-state index contributed by atoms with van der Waals surface area (Å²) in [6.07, 6.45) is 0. The van der Waals surface area contributed by atoms with Crippen LogP contribution in [0.3, 0.4) is 0 Å². The molecule has 0 atom stereocenters. The molecule has 0 N–H and O–H groups in total. The first-order valence-electron chi connectivity index (χ1n) is 28.5. The molecular weight excluding hydrogens is 879 g/mol. The fourth-order valence-corrected chi connectivity index (χ4v) is 16.4. The van der Waals surface area contributed by atoms with Crippen LogP contribution in [-0.4, -0.2) is 220 Å². The summed E-state index contributed by atoms with van der Waals surface area (Å²) in [6, 6.07) is 0. The summed E-state index contributed by atoms with van der Waals surface area (Å²) in [5, 5.41) is 20.3. The molecule has 0 amide bonds. The number of benzene rings is 11. The van der Waals surface area contributed by atoms with E-state index in [1.54, 1.807) is 0 Å². The molecule has 11 aromatic carbocycles. The first-order chi connectivity index (χ1) is 35.5. The van der Waals surface area contributed by atoms with Crippen LogP contribution in [0.2, 0.25) is 0 Å². The van der Waals surface area contributed by atoms with Crippen molar-refractivity contribution in [3.63, 3.8) is 0 Å². The SMILES string of the molecule is Bc1c(B)c(-c2c(B)c(B)c(B)c3c(B)c(B)c(B)c(B)c23)c(-c2c(B)c(B)c3c(B)c(B)c4c(B)c(B)c(B)c5c(B)c(B)c2c3c45)c(B)c1-c1c(B)c(B)c2c(B)c(B)c3c(B)c(B)c(B)c4c(B)c(B)c1c2c34. The Morgan fingerprint density at radius 3 is 0.526 bits per heavy atom. The monoisotopic (exact) mass is 941 g/mol. The normalized spacial score (nSPS) is 12.1. The van der Waals surface area contributed by atoms with E-state index in [1.807, 2.05) is 0 Å². The Morgan fingerprint density at radius 2 is 0.211 bits per heavy atom. The van der Waals surface area contributed by atoms with Crippen LogP contribution < -0.4 is 153 Å². The van der Waals surface area contributed by atoms with E-state index in [9.17, 15) is 0 Å². The molecule has 332 valence electrons. The van der Waals surface area contributed by atoms with Crippen LogP contribution in [0.25, 0.3) is 109 Å². The summed E-state index contributed by atoms with van der Waals surface area (Å²) in [5.41, 5.74) is 48.0. The van der Waals surface area contributed by atoms with E-state index in [1.165, 1.54) is 262 Å². The van der Waals surface area contributed by atoms with Gasteiger partial charge in [0.1, 0.15) is 220 Å². The van der Waals surface area contributed by atoms with Gasteiger partial charge in [-0.1, -0.05) is 126 Å². The summed E-state index contributed by atoms with van der Waals surface area (Å²) in [5.74, 6) is 0. The molecular formula is C48H56B28. The molecule has 0 spiro atoms. The third kappa shape index (κ3) is 6.32. The molecule has 11 aromatic rings. The summed E-state index contributed by atoms with van der Waals surface area (Å²) >= 11 is 0. The van der Waals surface area contributed by atoms with Crippen molar-refractivity contribution in [3.8, 4) is 33.4 Å². The highest BCUT2D eigenvalue weighted by atomic mass is 14.3. The maximum Gasteiger partial charge on any atom is 0.140 e. The molecule has 76 heavy (non-hydrogen) atoms. The number of hydrogen-bond donors (Lipinski definition) is 0. The molecule has 0 aliphatic carbocycles. The van der Waals surface area contributed by atoms with Gasteiger partial charge in [-0.25, -0.2) is 0 Å². The predicted octanol–water partition coefficient (Wildman–Crippen LogP) is -35.1. The standard InChI is InChI=1S/C48H56B28/c49-21-7(8-5-1-3-15(31(59)22(5)50)38(66)45(73)40(68)17(3)35(63)33(61)13(1)29(57)24(8)52)9(10-12-20(42(70)44(72)27(10)55)43(71)48(76)47(75)28(12)56)25(53)37(65)19(21)11-6-2-4-16(32(60)23(6)51)39(67)46(74)41(69)18(4)36(64)34(62)14(2)30(58)26(11)54/h49-76H2. The van der Waals surface area contributed by atoms with Crippen molar-refractivity contribution in [3.05, 3.63) is 0 Å². The second-order valence-corrected chi connectivity index (χ2v) is 25.0. The Hall–Kier alpha value is -4.42. The van der Waals surface area contributed by atoms with Gasteiger partial charge in [0, 0.05) is 0 Å². The van der Waals surface area contributed by atoms with Gasteiger partial charge in [-0.3, -0.25) is 0 Å². The fourth-order valence-electron chi connectivity index (χ4n) is 16.4. The molecule has 0 bridgehead atoms. The van der Waals surface area contributed by atoms with E-state index in [2.05, 4.69) is 220 Å². The van der Waals surface area contributed by atoms with Gasteiger partial charge in [0.05, 0.1) is 0 Å². The number of rotatable bonds is 3. The molecule has 0 saturated carbocycles. The zero-order valence-electron chi connectivity index (χ0n) is 52.0. The molecule has 0 radical (unpaired) electrons. The van der Waals surface area contributed by atoms with Crippen molar-refractivity contribution < 1.29 is 0 Å². The minimum Gasteiger partial charge on any atom is -0.101 e. The molecule has 0 nitrogen and oxygen atoms in total. The Balaban J connectivity index is 1.49. The van der Waals surface area contributed by atoms with Gasteiger partial charge in [-0.15, -0.1) is 27.3 Å². The topological polar surface area (TPSA) is 0 Å². The Bertz CT molecular complexity index is 4600. The van der Waals surface area contributed by atoms with Gasteiger partial charge in [0.15, 0.2) is 0 Å². The molecule has 0 heterocycles. The van der Waals surface area contributed by atoms with Crippen LogP contribution in [0.4, 0.5) is 0 Å². The lowest BCUT2D eigenvalue weighted by atomic mass is 9.54. The zero-order valence-corrected chi connectivity index (χ0v) is 52.0. The lowest BCUT2D eigenvalue weighted by Gasteiger charge is -2.34. The van der Waals surface area contributed by atoms with E-state index in [0.29, 0.717) is 0 Å². The van der Waals surface area contributed by atoms with Crippen LogP contribution in [0.15, 0.2) is 0 Å². The second-order valence-electron chi connectivity index (χ2n) is 25.0. The maximum atomic E-state index is 2.54. The smallest absolute Gasteiger partial charge is 0.101 e.